The molecular weight excluding hydrogens is 520 g/mol. The number of alkyl halides is 4. The second kappa shape index (κ2) is 13.2. The van der Waals surface area contributed by atoms with E-state index >= 15 is 0 Å². The lowest BCUT2D eigenvalue weighted by Gasteiger charge is -2.31. The average molecular weight is 551 g/mol. The second-order valence-corrected chi connectivity index (χ2v) is 8.96. The Hall–Kier alpha value is -3.96. The van der Waals surface area contributed by atoms with Crippen LogP contribution in [0, 0.1) is 5.92 Å². The first kappa shape index (κ1) is 29.6. The van der Waals surface area contributed by atoms with Crippen molar-refractivity contribution < 1.29 is 36.7 Å². The summed E-state index contributed by atoms with van der Waals surface area (Å²) in [5, 5.41) is 2.46. The van der Waals surface area contributed by atoms with E-state index in [4.69, 9.17) is 10.5 Å². The molecule has 3 N–H and O–H groups in total. The molecule has 0 saturated heterocycles. The molecule has 2 unspecified atom stereocenters. The van der Waals surface area contributed by atoms with Crippen LogP contribution in [0.5, 0.6) is 5.75 Å². The normalized spacial score (nSPS) is 16.9. The van der Waals surface area contributed by atoms with Crippen LogP contribution in [0.2, 0.25) is 0 Å². The number of carbonyl (C=O) groups is 3. The monoisotopic (exact) mass is 550 g/mol. The zero-order valence-corrected chi connectivity index (χ0v) is 21.3. The molecule has 0 fully saturated rings. The Morgan fingerprint density at radius 3 is 2.49 bits per heavy atom. The highest BCUT2D eigenvalue weighted by molar-refractivity contribution is 6.21. The number of rotatable bonds is 8. The molecule has 2 atom stereocenters. The number of para-hydroxylation sites is 1. The number of nitrogens with zero attached hydrogens (tertiary/aromatic N) is 2. The Labute approximate surface area is 223 Å². The number of ether oxygens (including phenoxy) is 1. The smallest absolute Gasteiger partial charge is 0.389 e. The zero-order chi connectivity index (χ0) is 28.6. The third-order valence-corrected chi connectivity index (χ3v) is 5.96. The summed E-state index contributed by atoms with van der Waals surface area (Å²) >= 11 is 0. The van der Waals surface area contributed by atoms with Gasteiger partial charge < -0.3 is 20.7 Å². The number of hydrogen-bond acceptors (Lipinski definition) is 5. The molecule has 2 aromatic rings. The SMILES string of the molecule is CCCF.NC(=O)CC(CCC(F)(F)F)C(=O)NC1N=C(c2ccccc2)c2cccc3c2N(CCO3)C1=O. The number of hydrogen-bond donors (Lipinski definition) is 2. The van der Waals surface area contributed by atoms with Crippen molar-refractivity contribution in [3.05, 3.63) is 59.7 Å². The van der Waals surface area contributed by atoms with Gasteiger partial charge in [0.15, 0.2) is 0 Å². The summed E-state index contributed by atoms with van der Waals surface area (Å²) in [5.41, 5.74) is 7.37. The van der Waals surface area contributed by atoms with Crippen molar-refractivity contribution in [3.63, 3.8) is 0 Å². The summed E-state index contributed by atoms with van der Waals surface area (Å²) in [4.78, 5) is 43.9. The average Bonchev–Trinajstić information content (AvgIpc) is 3.03. The van der Waals surface area contributed by atoms with Crippen molar-refractivity contribution in [1.29, 1.82) is 0 Å². The predicted octanol–water partition coefficient (Wildman–Crippen LogP) is 3.91. The first-order chi connectivity index (χ1) is 18.6. The molecule has 12 heteroatoms. The zero-order valence-electron chi connectivity index (χ0n) is 21.3. The number of benzene rings is 2. The van der Waals surface area contributed by atoms with Crippen LogP contribution in [0.3, 0.4) is 0 Å². The summed E-state index contributed by atoms with van der Waals surface area (Å²) in [6, 6.07) is 14.3. The first-order valence-corrected chi connectivity index (χ1v) is 12.5. The molecule has 0 radical (unpaired) electrons. The van der Waals surface area contributed by atoms with Crippen LogP contribution in [0.1, 0.15) is 43.7 Å². The van der Waals surface area contributed by atoms with Crippen molar-refractivity contribution in [2.24, 2.45) is 16.6 Å². The lowest BCUT2D eigenvalue weighted by Crippen LogP contribution is -2.51. The minimum atomic E-state index is -4.52. The minimum Gasteiger partial charge on any atom is -0.490 e. The summed E-state index contributed by atoms with van der Waals surface area (Å²) in [7, 11) is 0. The van der Waals surface area contributed by atoms with E-state index < -0.39 is 55.2 Å². The molecule has 3 amide bonds. The Balaban J connectivity index is 0.000000983. The van der Waals surface area contributed by atoms with Gasteiger partial charge in [0.1, 0.15) is 12.4 Å². The van der Waals surface area contributed by atoms with Gasteiger partial charge in [-0.25, -0.2) is 4.99 Å². The minimum absolute atomic E-state index is 0.181. The van der Waals surface area contributed by atoms with Gasteiger partial charge in [-0.3, -0.25) is 18.8 Å². The lowest BCUT2D eigenvalue weighted by atomic mass is 9.97. The molecule has 210 valence electrons. The quantitative estimate of drug-likeness (QED) is 0.485. The van der Waals surface area contributed by atoms with Gasteiger partial charge in [-0.1, -0.05) is 49.4 Å². The largest absolute Gasteiger partial charge is 0.490 e. The van der Waals surface area contributed by atoms with Gasteiger partial charge >= 0.3 is 6.18 Å². The fourth-order valence-electron chi connectivity index (χ4n) is 4.17. The van der Waals surface area contributed by atoms with Crippen LogP contribution >= 0.6 is 0 Å². The van der Waals surface area contributed by atoms with E-state index in [1.807, 2.05) is 6.07 Å². The molecule has 2 aliphatic rings. The van der Waals surface area contributed by atoms with Crippen LogP contribution in [-0.4, -0.2) is 55.6 Å². The molecule has 2 aromatic carbocycles. The molecule has 4 rings (SSSR count). The highest BCUT2D eigenvalue weighted by atomic mass is 19.4. The number of anilines is 1. The number of primary amides is 1. The number of amides is 3. The second-order valence-electron chi connectivity index (χ2n) is 8.96. The van der Waals surface area contributed by atoms with Crippen LogP contribution in [0.15, 0.2) is 53.5 Å². The Morgan fingerprint density at radius 2 is 1.87 bits per heavy atom. The fraction of sp³-hybridized carbons (Fsp3) is 0.407. The molecule has 0 spiro atoms. The maximum absolute atomic E-state index is 13.5. The third kappa shape index (κ3) is 7.78. The summed E-state index contributed by atoms with van der Waals surface area (Å²) in [6.07, 6.45) is -7.78. The molecule has 0 aliphatic carbocycles. The molecular formula is C27H30F4N4O4. The molecule has 2 aliphatic heterocycles. The molecule has 0 bridgehead atoms. The van der Waals surface area contributed by atoms with E-state index in [-0.39, 0.29) is 19.8 Å². The summed E-state index contributed by atoms with van der Waals surface area (Å²) in [5.74, 6) is -3.26. The highest BCUT2D eigenvalue weighted by Gasteiger charge is 2.38. The van der Waals surface area contributed by atoms with Gasteiger partial charge in [0.05, 0.1) is 24.6 Å². The van der Waals surface area contributed by atoms with Gasteiger partial charge in [0.2, 0.25) is 18.0 Å². The maximum atomic E-state index is 13.5. The fourth-order valence-corrected chi connectivity index (χ4v) is 4.17. The number of carbonyl (C=O) groups excluding carboxylic acids is 3. The van der Waals surface area contributed by atoms with Crippen molar-refractivity contribution in [1.82, 2.24) is 5.32 Å². The standard InChI is InChI=1S/C24H23F3N4O4.C3H7F/c25-24(26,27)10-9-15(13-18(28)32)22(33)30-21-23(34)31-11-12-35-17-8-4-7-16(20(17)31)19(29-21)14-5-2-1-3-6-14;1-2-3-4/h1-8,15,21H,9-13H2,(H2,28,32)(H,30,33);2-3H2,1H3. The molecule has 0 aromatic heterocycles. The topological polar surface area (TPSA) is 114 Å². The summed E-state index contributed by atoms with van der Waals surface area (Å²) in [6.45, 7) is 2.05. The highest BCUT2D eigenvalue weighted by Crippen LogP contribution is 2.38. The van der Waals surface area contributed by atoms with Gasteiger partial charge in [0.25, 0.3) is 5.91 Å². The number of aliphatic imine (C=N–C) groups is 1. The van der Waals surface area contributed by atoms with Crippen LogP contribution in [0.4, 0.5) is 23.2 Å². The van der Waals surface area contributed by atoms with E-state index in [0.29, 0.717) is 34.7 Å². The maximum Gasteiger partial charge on any atom is 0.389 e. The third-order valence-electron chi connectivity index (χ3n) is 5.96. The predicted molar refractivity (Wildman–Crippen MR) is 137 cm³/mol. The van der Waals surface area contributed by atoms with Gasteiger partial charge in [-0.05, 0) is 18.9 Å². The molecule has 2 heterocycles. The summed E-state index contributed by atoms with van der Waals surface area (Å²) < 4.78 is 54.8. The van der Waals surface area contributed by atoms with Crippen LogP contribution in [-0.2, 0) is 14.4 Å². The first-order valence-electron chi connectivity index (χ1n) is 12.5. The van der Waals surface area contributed by atoms with Crippen LogP contribution in [0.25, 0.3) is 0 Å². The molecule has 8 nitrogen and oxygen atoms in total. The number of halogens is 4. The van der Waals surface area contributed by atoms with Gasteiger partial charge in [-0.15, -0.1) is 0 Å². The van der Waals surface area contributed by atoms with E-state index in [0.717, 1.165) is 0 Å². The van der Waals surface area contributed by atoms with E-state index in [1.165, 1.54) is 4.90 Å². The van der Waals surface area contributed by atoms with Gasteiger partial charge in [0, 0.05) is 29.9 Å². The van der Waals surface area contributed by atoms with Crippen LogP contribution < -0.4 is 20.7 Å². The Kier molecular flexibility index (Phi) is 10.0. The van der Waals surface area contributed by atoms with E-state index in [2.05, 4.69) is 10.3 Å². The van der Waals surface area contributed by atoms with Crippen molar-refractivity contribution >= 4 is 29.1 Å². The Morgan fingerprint density at radius 1 is 1.18 bits per heavy atom. The van der Waals surface area contributed by atoms with Crippen molar-refractivity contribution in [2.75, 3.05) is 24.7 Å². The van der Waals surface area contributed by atoms with Crippen molar-refractivity contribution in [2.45, 2.75) is 44.9 Å². The van der Waals surface area contributed by atoms with E-state index in [9.17, 15) is 31.9 Å². The molecule has 0 saturated carbocycles. The van der Waals surface area contributed by atoms with Crippen molar-refractivity contribution in [3.8, 4) is 5.75 Å². The number of nitrogens with one attached hydrogen (secondary N) is 1. The van der Waals surface area contributed by atoms with E-state index in [1.54, 1.807) is 49.4 Å². The lowest BCUT2D eigenvalue weighted by molar-refractivity contribution is -0.143. The van der Waals surface area contributed by atoms with Gasteiger partial charge in [-0.2, -0.15) is 13.2 Å². The molecule has 39 heavy (non-hydrogen) atoms. The number of nitrogens with two attached hydrogens (primary N) is 1. The Bertz CT molecular complexity index is 1200.